The number of carboxylic acid groups (broad SMARTS) is 1. The van der Waals surface area contributed by atoms with Gasteiger partial charge < -0.3 is 24.5 Å². The number of ketones is 1. The zero-order valence-corrected chi connectivity index (χ0v) is 29.1. The van der Waals surface area contributed by atoms with E-state index in [4.69, 9.17) is 32.7 Å². The van der Waals surface area contributed by atoms with E-state index in [9.17, 15) is 19.5 Å². The van der Waals surface area contributed by atoms with Crippen LogP contribution < -0.4 is 5.32 Å². The first-order chi connectivity index (χ1) is 23.1. The van der Waals surface area contributed by atoms with Crippen LogP contribution in [0.4, 0.5) is 5.69 Å². The quantitative estimate of drug-likeness (QED) is 0.215. The number of hydrogen-bond acceptors (Lipinski definition) is 7. The van der Waals surface area contributed by atoms with Gasteiger partial charge in [-0.05, 0) is 82.1 Å². The second kappa shape index (κ2) is 14.9. The van der Waals surface area contributed by atoms with Crippen LogP contribution >= 0.6 is 23.2 Å². The van der Waals surface area contributed by atoms with Crippen LogP contribution in [-0.4, -0.2) is 81.6 Å². The number of halogens is 2. The number of ether oxygens (including phenoxy) is 2. The molecule has 2 N–H and O–H groups in total. The Hall–Kier alpha value is -2.99. The van der Waals surface area contributed by atoms with E-state index in [1.807, 2.05) is 42.8 Å². The van der Waals surface area contributed by atoms with Gasteiger partial charge in [-0.25, -0.2) is 4.90 Å². The number of aromatic nitrogens is 1. The average molecular weight is 700 g/mol. The van der Waals surface area contributed by atoms with E-state index < -0.39 is 17.7 Å². The van der Waals surface area contributed by atoms with Crippen molar-refractivity contribution in [3.05, 3.63) is 63.8 Å². The highest BCUT2D eigenvalue weighted by Crippen LogP contribution is 2.40. The summed E-state index contributed by atoms with van der Waals surface area (Å²) in [5.41, 5.74) is 2.33. The van der Waals surface area contributed by atoms with Crippen molar-refractivity contribution in [3.8, 4) is 0 Å². The fourth-order valence-corrected chi connectivity index (χ4v) is 8.14. The number of amides is 1. The van der Waals surface area contributed by atoms with E-state index in [0.717, 1.165) is 36.6 Å². The van der Waals surface area contributed by atoms with Crippen LogP contribution in [0, 0.1) is 5.92 Å². The largest absolute Gasteiger partial charge is 0.481 e. The maximum atomic E-state index is 14.9. The number of fused-ring (bicyclic) bond motifs is 1. The van der Waals surface area contributed by atoms with Crippen molar-refractivity contribution in [1.82, 2.24) is 14.4 Å². The Kier molecular flexibility index (Phi) is 10.8. The van der Waals surface area contributed by atoms with Gasteiger partial charge in [0.1, 0.15) is 6.23 Å². The van der Waals surface area contributed by atoms with Crippen molar-refractivity contribution in [3.63, 3.8) is 0 Å². The molecule has 1 aromatic heterocycles. The Morgan fingerprint density at radius 1 is 0.979 bits per heavy atom. The Balaban J connectivity index is 1.29. The molecule has 1 amide bonds. The Morgan fingerprint density at radius 3 is 2.42 bits per heavy atom. The van der Waals surface area contributed by atoms with Crippen molar-refractivity contribution in [1.29, 1.82) is 0 Å². The van der Waals surface area contributed by atoms with E-state index in [1.165, 1.54) is 0 Å². The lowest BCUT2D eigenvalue weighted by Crippen LogP contribution is -2.69. The molecule has 0 bridgehead atoms. The predicted octanol–water partition coefficient (Wildman–Crippen LogP) is 6.72. The van der Waals surface area contributed by atoms with Crippen LogP contribution in [0.15, 0.2) is 42.6 Å². The van der Waals surface area contributed by atoms with Gasteiger partial charge in [-0.15, -0.1) is 0 Å². The molecule has 1 aliphatic carbocycles. The molecule has 3 fully saturated rings. The Morgan fingerprint density at radius 2 is 1.71 bits per heavy atom. The van der Waals surface area contributed by atoms with Gasteiger partial charge in [-0.3, -0.25) is 19.3 Å². The average Bonchev–Trinajstić information content (AvgIpc) is 3.85. The first kappa shape index (κ1) is 34.9. The number of para-hydroxylation sites is 1. The molecule has 258 valence electrons. The molecule has 1 saturated carbocycles. The topological polar surface area (TPSA) is 113 Å². The number of anilines is 1. The minimum Gasteiger partial charge on any atom is -0.481 e. The highest BCUT2D eigenvalue weighted by molar-refractivity contribution is 6.36. The first-order valence-electron chi connectivity index (χ1n) is 17.0. The van der Waals surface area contributed by atoms with Gasteiger partial charge in [0.2, 0.25) is 5.85 Å². The summed E-state index contributed by atoms with van der Waals surface area (Å²) < 4.78 is 15.1. The molecule has 0 radical (unpaired) electrons. The maximum Gasteiger partial charge on any atom is 0.306 e. The normalized spacial score (nSPS) is 23.4. The third kappa shape index (κ3) is 6.88. The second-order valence-corrected chi connectivity index (χ2v) is 13.9. The van der Waals surface area contributed by atoms with Gasteiger partial charge in [0.25, 0.3) is 5.91 Å². The summed E-state index contributed by atoms with van der Waals surface area (Å²) in [6, 6.07) is 10.9. The molecule has 6 rings (SSSR count). The number of likely N-dealkylation sites (tertiary alicyclic amines) is 2. The smallest absolute Gasteiger partial charge is 0.306 e. The number of carbonyl (C=O) groups excluding carboxylic acids is 2. The zero-order valence-electron chi connectivity index (χ0n) is 27.6. The SMILES string of the molecule is CCOC1CCCN1C(OC1CCC(C(=O)O)CC1)(C(=O)Cc1cc(Cl)c(NC(=O)c2cn(C)c3ccccc23)cc1Cl)N1CCCC1. The third-order valence-corrected chi connectivity index (χ3v) is 10.7. The molecule has 2 aliphatic heterocycles. The summed E-state index contributed by atoms with van der Waals surface area (Å²) in [6.45, 7) is 4.47. The number of hydrogen-bond donors (Lipinski definition) is 2. The highest BCUT2D eigenvalue weighted by Gasteiger charge is 2.56. The van der Waals surface area contributed by atoms with E-state index in [1.54, 1.807) is 18.3 Å². The molecule has 3 aliphatic rings. The Bertz CT molecular complexity index is 1670. The molecule has 0 spiro atoms. The van der Waals surface area contributed by atoms with Gasteiger partial charge in [-0.2, -0.15) is 0 Å². The molecule has 2 aromatic carbocycles. The van der Waals surface area contributed by atoms with Crippen molar-refractivity contribution in [2.45, 2.75) is 82.9 Å². The van der Waals surface area contributed by atoms with Crippen LogP contribution in [0.2, 0.25) is 10.0 Å². The fraction of sp³-hybridized carbons (Fsp3) is 0.528. The zero-order chi connectivity index (χ0) is 34.0. The minimum atomic E-state index is -1.40. The Labute approximate surface area is 291 Å². The van der Waals surface area contributed by atoms with Crippen molar-refractivity contribution in [2.75, 3.05) is 31.6 Å². The van der Waals surface area contributed by atoms with E-state index in [2.05, 4.69) is 15.1 Å². The van der Waals surface area contributed by atoms with Crippen LogP contribution in [0.25, 0.3) is 10.9 Å². The molecule has 3 heterocycles. The molecular formula is C36H44Cl2N4O6. The number of benzene rings is 2. The lowest BCUT2D eigenvalue weighted by Gasteiger charge is -2.50. The predicted molar refractivity (Wildman–Crippen MR) is 185 cm³/mol. The molecule has 12 heteroatoms. The van der Waals surface area contributed by atoms with E-state index >= 15 is 0 Å². The summed E-state index contributed by atoms with van der Waals surface area (Å²) in [4.78, 5) is 44.2. The summed E-state index contributed by atoms with van der Waals surface area (Å²) in [7, 11) is 1.89. The number of carboxylic acids is 1. The molecular weight excluding hydrogens is 655 g/mol. The van der Waals surface area contributed by atoms with Crippen molar-refractivity contribution >= 4 is 57.5 Å². The minimum absolute atomic E-state index is 0.0492. The highest BCUT2D eigenvalue weighted by atomic mass is 35.5. The number of carbonyl (C=O) groups is 3. The summed E-state index contributed by atoms with van der Waals surface area (Å²) in [6.07, 6.45) is 6.82. The lowest BCUT2D eigenvalue weighted by atomic mass is 9.87. The van der Waals surface area contributed by atoms with Gasteiger partial charge in [-0.1, -0.05) is 41.4 Å². The maximum absolute atomic E-state index is 14.9. The first-order valence-corrected chi connectivity index (χ1v) is 17.8. The molecule has 2 atom stereocenters. The van der Waals surface area contributed by atoms with Crippen LogP contribution in [0.1, 0.15) is 74.2 Å². The number of aliphatic carboxylic acids is 1. The molecule has 3 aromatic rings. The number of rotatable bonds is 12. The van der Waals surface area contributed by atoms with Gasteiger partial charge >= 0.3 is 5.97 Å². The van der Waals surface area contributed by atoms with Gasteiger partial charge in [0.05, 0.1) is 28.3 Å². The molecule has 2 saturated heterocycles. The molecule has 48 heavy (non-hydrogen) atoms. The summed E-state index contributed by atoms with van der Waals surface area (Å²) in [5, 5.41) is 13.9. The standard InChI is InChI=1S/C36H44Cl2N4O6/c1-3-47-33-11-8-18-42(33)36(41-16-6-7-17-41,48-25-14-12-23(13-15-25)35(45)46)32(43)20-24-19-29(38)30(21-28(24)37)39-34(44)27-22-40(2)31-10-5-4-9-26(27)31/h4-5,9-10,19,21-23,25,33H,3,6-8,11-18,20H2,1-2H3,(H,39,44)(H,45,46). The van der Waals surface area contributed by atoms with E-state index in [-0.39, 0.29) is 35.5 Å². The van der Waals surface area contributed by atoms with Crippen LogP contribution in [0.5, 0.6) is 0 Å². The number of Topliss-reactive ketones (excluding diaryl/α,β-unsaturated/α-hetero) is 1. The van der Waals surface area contributed by atoms with Gasteiger partial charge in [0.15, 0.2) is 5.78 Å². The monoisotopic (exact) mass is 698 g/mol. The second-order valence-electron chi connectivity index (χ2n) is 13.1. The van der Waals surface area contributed by atoms with Crippen molar-refractivity contribution in [2.24, 2.45) is 13.0 Å². The van der Waals surface area contributed by atoms with Crippen LogP contribution in [-0.2, 0) is 32.5 Å². The molecule has 2 unspecified atom stereocenters. The molecule has 10 nitrogen and oxygen atoms in total. The lowest BCUT2D eigenvalue weighted by molar-refractivity contribution is -0.278. The summed E-state index contributed by atoms with van der Waals surface area (Å²) in [5.74, 6) is -3.06. The van der Waals surface area contributed by atoms with E-state index in [0.29, 0.717) is 73.8 Å². The van der Waals surface area contributed by atoms with Crippen molar-refractivity contribution < 1.29 is 29.0 Å². The third-order valence-electron chi connectivity index (χ3n) is 10.1. The van der Waals surface area contributed by atoms with Crippen LogP contribution in [0.3, 0.4) is 0 Å². The van der Waals surface area contributed by atoms with Gasteiger partial charge in [0, 0.05) is 61.8 Å². The number of nitrogens with one attached hydrogen (secondary N) is 1. The number of nitrogens with zero attached hydrogens (tertiary/aromatic N) is 3. The summed E-state index contributed by atoms with van der Waals surface area (Å²) >= 11 is 13.6. The number of aryl methyl sites for hydroxylation is 1. The fourth-order valence-electron chi connectivity index (χ4n) is 7.67.